The number of rotatable bonds is 3. The molecule has 2 heterocycles. The van der Waals surface area contributed by atoms with Crippen molar-refractivity contribution in [3.05, 3.63) is 64.7 Å². The van der Waals surface area contributed by atoms with Gasteiger partial charge in [0.25, 0.3) is 0 Å². The van der Waals surface area contributed by atoms with Crippen molar-refractivity contribution in [2.24, 2.45) is 17.8 Å². The Balaban J connectivity index is 1.20. The molecule has 2 aliphatic heterocycles. The van der Waals surface area contributed by atoms with E-state index < -0.39 is 23.5 Å². The lowest BCUT2D eigenvalue weighted by atomic mass is 10.0. The van der Waals surface area contributed by atoms with Crippen LogP contribution in [0.15, 0.2) is 42.5 Å². The number of hydrogen-bond acceptors (Lipinski definition) is 2. The maximum Gasteiger partial charge on any atom is 0.416 e. The second-order valence-electron chi connectivity index (χ2n) is 9.74. The van der Waals surface area contributed by atoms with Gasteiger partial charge in [0.2, 0.25) is 5.91 Å². The zero-order chi connectivity index (χ0) is 24.4. The van der Waals surface area contributed by atoms with E-state index in [0.717, 1.165) is 29.3 Å². The maximum atomic E-state index is 13.2. The SMILES string of the molecule is Cc1ccc(C(F)(F)F)cc1N1C[C@H]2CN(C(=O)[C@@H]3C[C@@H]3c3ccc(C(F)(F)F)cc3)C[C@H]2C1. The predicted octanol–water partition coefficient (Wildman–Crippen LogP) is 5.73. The van der Waals surface area contributed by atoms with Gasteiger partial charge in [-0.1, -0.05) is 18.2 Å². The highest BCUT2D eigenvalue weighted by molar-refractivity contribution is 5.83. The van der Waals surface area contributed by atoms with Crippen molar-refractivity contribution < 1.29 is 31.1 Å². The largest absolute Gasteiger partial charge is 0.416 e. The van der Waals surface area contributed by atoms with Gasteiger partial charge in [-0.2, -0.15) is 26.3 Å². The van der Waals surface area contributed by atoms with Gasteiger partial charge < -0.3 is 9.80 Å². The number of alkyl halides is 6. The van der Waals surface area contributed by atoms with Crippen molar-refractivity contribution in [2.45, 2.75) is 31.6 Å². The molecule has 182 valence electrons. The Kier molecular flexibility index (Phi) is 5.37. The normalized spacial score (nSPS) is 26.7. The first-order valence-electron chi connectivity index (χ1n) is 11.3. The fourth-order valence-electron chi connectivity index (χ4n) is 5.49. The number of benzene rings is 2. The highest BCUT2D eigenvalue weighted by Gasteiger charge is 2.50. The van der Waals surface area contributed by atoms with E-state index in [1.165, 1.54) is 24.3 Å². The molecule has 3 aliphatic rings. The predicted molar refractivity (Wildman–Crippen MR) is 114 cm³/mol. The molecule has 0 spiro atoms. The Morgan fingerprint density at radius 2 is 1.38 bits per heavy atom. The number of hydrogen-bond donors (Lipinski definition) is 0. The second-order valence-corrected chi connectivity index (χ2v) is 9.74. The molecule has 3 nitrogen and oxygen atoms in total. The van der Waals surface area contributed by atoms with Gasteiger partial charge >= 0.3 is 12.4 Å². The Morgan fingerprint density at radius 1 is 0.824 bits per heavy atom. The summed E-state index contributed by atoms with van der Waals surface area (Å²) >= 11 is 0. The molecule has 9 heteroatoms. The highest BCUT2D eigenvalue weighted by Crippen LogP contribution is 2.50. The molecule has 0 radical (unpaired) electrons. The molecule has 0 unspecified atom stereocenters. The van der Waals surface area contributed by atoms with Gasteiger partial charge in [-0.25, -0.2) is 0 Å². The van der Waals surface area contributed by atoms with Crippen LogP contribution in [0.25, 0.3) is 0 Å². The number of likely N-dealkylation sites (tertiary alicyclic amines) is 1. The first kappa shape index (κ1) is 23.1. The molecule has 0 N–H and O–H groups in total. The Morgan fingerprint density at radius 3 is 1.94 bits per heavy atom. The van der Waals surface area contributed by atoms with Crippen molar-refractivity contribution >= 4 is 11.6 Å². The number of aryl methyl sites for hydroxylation is 1. The lowest BCUT2D eigenvalue weighted by Crippen LogP contribution is -2.34. The van der Waals surface area contributed by atoms with Crippen LogP contribution in [0.3, 0.4) is 0 Å². The van der Waals surface area contributed by atoms with Crippen LogP contribution in [0, 0.1) is 24.7 Å². The molecule has 5 rings (SSSR count). The van der Waals surface area contributed by atoms with Crippen molar-refractivity contribution in [3.8, 4) is 0 Å². The van der Waals surface area contributed by atoms with Gasteiger partial charge in [-0.05, 0) is 54.7 Å². The number of nitrogens with zero attached hydrogens (tertiary/aromatic N) is 2. The lowest BCUT2D eigenvalue weighted by Gasteiger charge is -2.25. The van der Waals surface area contributed by atoms with Crippen LogP contribution in [0.1, 0.15) is 34.6 Å². The minimum Gasteiger partial charge on any atom is -0.371 e. The molecular formula is C25H24F6N2O. The fraction of sp³-hybridized carbons (Fsp3) is 0.480. The van der Waals surface area contributed by atoms with Gasteiger partial charge in [0, 0.05) is 49.6 Å². The van der Waals surface area contributed by atoms with Crippen LogP contribution in [0.4, 0.5) is 32.0 Å². The van der Waals surface area contributed by atoms with Gasteiger partial charge in [0.1, 0.15) is 0 Å². The van der Waals surface area contributed by atoms with Crippen LogP contribution in [0.2, 0.25) is 0 Å². The summed E-state index contributed by atoms with van der Waals surface area (Å²) in [5.41, 5.74) is 0.764. The lowest BCUT2D eigenvalue weighted by molar-refractivity contribution is -0.138. The number of halogens is 6. The summed E-state index contributed by atoms with van der Waals surface area (Å²) in [7, 11) is 0. The van der Waals surface area contributed by atoms with Gasteiger partial charge in [0.15, 0.2) is 0 Å². The Bertz CT molecular complexity index is 1080. The molecule has 2 aromatic carbocycles. The minimum absolute atomic E-state index is 0.0288. The third-order valence-electron chi connectivity index (χ3n) is 7.45. The van der Waals surface area contributed by atoms with Crippen LogP contribution in [-0.2, 0) is 17.1 Å². The first-order chi connectivity index (χ1) is 15.9. The molecule has 0 aromatic heterocycles. The molecule has 2 saturated heterocycles. The van der Waals surface area contributed by atoms with Crippen molar-refractivity contribution in [2.75, 3.05) is 31.1 Å². The molecule has 34 heavy (non-hydrogen) atoms. The summed E-state index contributed by atoms with van der Waals surface area (Å²) in [5.74, 6) is 0.153. The number of fused-ring (bicyclic) bond motifs is 1. The molecule has 1 saturated carbocycles. The summed E-state index contributed by atoms with van der Waals surface area (Å²) in [6.45, 7) is 4.13. The Labute approximate surface area is 193 Å². The van der Waals surface area contributed by atoms with E-state index >= 15 is 0 Å². The maximum absolute atomic E-state index is 13.2. The number of anilines is 1. The van der Waals surface area contributed by atoms with Crippen LogP contribution in [-0.4, -0.2) is 37.0 Å². The monoisotopic (exact) mass is 482 g/mol. The van der Waals surface area contributed by atoms with Crippen LogP contribution in [0.5, 0.6) is 0 Å². The first-order valence-corrected chi connectivity index (χ1v) is 11.3. The molecule has 1 amide bonds. The summed E-state index contributed by atoms with van der Waals surface area (Å²) in [5, 5.41) is 0. The molecule has 4 atom stereocenters. The van der Waals surface area contributed by atoms with Gasteiger partial charge in [0.05, 0.1) is 11.1 Å². The number of amides is 1. The van der Waals surface area contributed by atoms with E-state index in [9.17, 15) is 31.1 Å². The van der Waals surface area contributed by atoms with E-state index in [0.29, 0.717) is 38.3 Å². The average Bonchev–Trinajstić information content (AvgIpc) is 3.31. The van der Waals surface area contributed by atoms with Crippen molar-refractivity contribution in [1.82, 2.24) is 4.90 Å². The summed E-state index contributed by atoms with van der Waals surface area (Å²) in [6.07, 6.45) is -8.15. The number of carbonyl (C=O) groups is 1. The third-order valence-corrected chi connectivity index (χ3v) is 7.45. The third kappa shape index (κ3) is 4.25. The topological polar surface area (TPSA) is 23.6 Å². The minimum atomic E-state index is -4.39. The molecule has 2 aromatic rings. The molecule has 1 aliphatic carbocycles. The summed E-state index contributed by atoms with van der Waals surface area (Å²) in [6, 6.07) is 8.82. The van der Waals surface area contributed by atoms with E-state index in [-0.39, 0.29) is 29.6 Å². The van der Waals surface area contributed by atoms with E-state index in [1.54, 1.807) is 6.92 Å². The molecular weight excluding hydrogens is 458 g/mol. The average molecular weight is 482 g/mol. The van der Waals surface area contributed by atoms with E-state index in [2.05, 4.69) is 0 Å². The Hall–Kier alpha value is -2.71. The zero-order valence-corrected chi connectivity index (χ0v) is 18.5. The van der Waals surface area contributed by atoms with Crippen molar-refractivity contribution in [3.63, 3.8) is 0 Å². The summed E-state index contributed by atoms with van der Waals surface area (Å²) < 4.78 is 77.8. The summed E-state index contributed by atoms with van der Waals surface area (Å²) in [4.78, 5) is 16.8. The standard InChI is InChI=1S/C25H24F6N2O/c1-14-2-5-19(25(29,30)31)8-22(14)32-10-16-12-33(13-17(16)11-32)23(34)21-9-20(21)15-3-6-18(7-4-15)24(26,27)28/h2-8,16-17,20-21H,9-13H2,1H3/t16-,17+,20-,21-/m1/s1. The molecule has 0 bridgehead atoms. The van der Waals surface area contributed by atoms with E-state index in [4.69, 9.17) is 0 Å². The molecule has 3 fully saturated rings. The highest BCUT2D eigenvalue weighted by atomic mass is 19.4. The van der Waals surface area contributed by atoms with Crippen LogP contribution >= 0.6 is 0 Å². The fourth-order valence-corrected chi connectivity index (χ4v) is 5.49. The van der Waals surface area contributed by atoms with Gasteiger partial charge in [-0.15, -0.1) is 0 Å². The van der Waals surface area contributed by atoms with Gasteiger partial charge in [-0.3, -0.25) is 4.79 Å². The zero-order valence-electron chi connectivity index (χ0n) is 18.5. The smallest absolute Gasteiger partial charge is 0.371 e. The van der Waals surface area contributed by atoms with Crippen LogP contribution < -0.4 is 4.90 Å². The number of carbonyl (C=O) groups excluding carboxylic acids is 1. The van der Waals surface area contributed by atoms with Crippen molar-refractivity contribution in [1.29, 1.82) is 0 Å². The van der Waals surface area contributed by atoms with E-state index in [1.807, 2.05) is 9.80 Å². The quantitative estimate of drug-likeness (QED) is 0.522. The second kappa shape index (κ2) is 7.92.